The number of urea groups is 1. The van der Waals surface area contributed by atoms with Gasteiger partial charge in [-0.05, 0) is 44.7 Å². The molecule has 0 radical (unpaired) electrons. The first-order valence-electron chi connectivity index (χ1n) is 8.06. The number of nitrogens with one attached hydrogen (secondary N) is 1. The van der Waals surface area contributed by atoms with E-state index in [4.69, 9.17) is 9.47 Å². The van der Waals surface area contributed by atoms with Crippen LogP contribution in [0.2, 0.25) is 0 Å². The van der Waals surface area contributed by atoms with Crippen molar-refractivity contribution in [3.63, 3.8) is 0 Å². The monoisotopic (exact) mass is 304 g/mol. The third-order valence-electron chi connectivity index (χ3n) is 4.44. The number of nitrogens with zero attached hydrogens (tertiary/aromatic N) is 1. The SMILES string of the molecule is C[C@@H]1OCCN(C(=O)Nc2ccccc2OCC2CC2)[C@@H]1C. The maximum atomic E-state index is 12.5. The third kappa shape index (κ3) is 3.53. The molecule has 2 fully saturated rings. The minimum Gasteiger partial charge on any atom is -0.491 e. The second kappa shape index (κ2) is 6.57. The zero-order valence-corrected chi connectivity index (χ0v) is 13.2. The van der Waals surface area contributed by atoms with Gasteiger partial charge in [-0.2, -0.15) is 0 Å². The fraction of sp³-hybridized carbons (Fsp3) is 0.588. The predicted octanol–water partition coefficient (Wildman–Crippen LogP) is 3.12. The Morgan fingerprint density at radius 2 is 2.14 bits per heavy atom. The largest absolute Gasteiger partial charge is 0.491 e. The Labute approximate surface area is 131 Å². The Kier molecular flexibility index (Phi) is 4.52. The molecule has 1 aliphatic heterocycles. The summed E-state index contributed by atoms with van der Waals surface area (Å²) in [7, 11) is 0. The topological polar surface area (TPSA) is 50.8 Å². The summed E-state index contributed by atoms with van der Waals surface area (Å²) < 4.78 is 11.4. The zero-order chi connectivity index (χ0) is 15.5. The van der Waals surface area contributed by atoms with Gasteiger partial charge in [0.25, 0.3) is 0 Å². The second-order valence-corrected chi connectivity index (χ2v) is 6.19. The average Bonchev–Trinajstić information content (AvgIpc) is 3.33. The number of hydrogen-bond acceptors (Lipinski definition) is 3. The molecule has 2 amide bonds. The lowest BCUT2D eigenvalue weighted by atomic mass is 10.1. The van der Waals surface area contributed by atoms with Crippen molar-refractivity contribution in [1.29, 1.82) is 0 Å². The molecule has 1 aromatic rings. The first kappa shape index (κ1) is 15.2. The summed E-state index contributed by atoms with van der Waals surface area (Å²) in [5.41, 5.74) is 0.736. The molecule has 0 spiro atoms. The van der Waals surface area contributed by atoms with Gasteiger partial charge in [0.1, 0.15) is 5.75 Å². The standard InChI is InChI=1S/C17H24N2O3/c1-12-13(2)21-10-9-19(12)17(20)18-15-5-3-4-6-16(15)22-11-14-7-8-14/h3-6,12-14H,7-11H2,1-2H3,(H,18,20)/t12-,13+/m1/s1. The maximum absolute atomic E-state index is 12.5. The molecule has 0 aromatic heterocycles. The molecular formula is C17H24N2O3. The third-order valence-corrected chi connectivity index (χ3v) is 4.44. The molecule has 5 heteroatoms. The summed E-state index contributed by atoms with van der Waals surface area (Å²) in [5.74, 6) is 1.43. The number of carbonyl (C=O) groups is 1. The van der Waals surface area contributed by atoms with Crippen molar-refractivity contribution in [2.45, 2.75) is 38.8 Å². The highest BCUT2D eigenvalue weighted by Gasteiger charge is 2.29. The van der Waals surface area contributed by atoms with E-state index < -0.39 is 0 Å². The quantitative estimate of drug-likeness (QED) is 0.930. The smallest absolute Gasteiger partial charge is 0.322 e. The Morgan fingerprint density at radius 1 is 1.36 bits per heavy atom. The lowest BCUT2D eigenvalue weighted by Crippen LogP contribution is -2.52. The average molecular weight is 304 g/mol. The molecule has 22 heavy (non-hydrogen) atoms. The number of amides is 2. The maximum Gasteiger partial charge on any atom is 0.322 e. The number of anilines is 1. The summed E-state index contributed by atoms with van der Waals surface area (Å²) in [6.07, 6.45) is 2.55. The van der Waals surface area contributed by atoms with Gasteiger partial charge in [0.05, 0.1) is 31.0 Å². The van der Waals surface area contributed by atoms with E-state index in [0.717, 1.165) is 18.0 Å². The molecule has 3 rings (SSSR count). The van der Waals surface area contributed by atoms with E-state index in [0.29, 0.717) is 19.1 Å². The zero-order valence-electron chi connectivity index (χ0n) is 13.2. The van der Waals surface area contributed by atoms with E-state index in [2.05, 4.69) is 5.32 Å². The Bertz CT molecular complexity index is 530. The van der Waals surface area contributed by atoms with Crippen LogP contribution in [0, 0.1) is 5.92 Å². The Hall–Kier alpha value is -1.75. The van der Waals surface area contributed by atoms with E-state index in [1.165, 1.54) is 12.8 Å². The highest BCUT2D eigenvalue weighted by Crippen LogP contribution is 2.32. The van der Waals surface area contributed by atoms with Crippen LogP contribution in [0.25, 0.3) is 0 Å². The minimum atomic E-state index is -0.0925. The van der Waals surface area contributed by atoms with Crippen LogP contribution >= 0.6 is 0 Å². The summed E-state index contributed by atoms with van der Waals surface area (Å²) in [6.45, 7) is 5.94. The summed E-state index contributed by atoms with van der Waals surface area (Å²) in [6, 6.07) is 7.60. The molecule has 1 aliphatic carbocycles. The van der Waals surface area contributed by atoms with Crippen molar-refractivity contribution in [2.75, 3.05) is 25.1 Å². The van der Waals surface area contributed by atoms with E-state index in [1.54, 1.807) is 0 Å². The summed E-state index contributed by atoms with van der Waals surface area (Å²) >= 11 is 0. The number of para-hydroxylation sites is 2. The van der Waals surface area contributed by atoms with E-state index in [9.17, 15) is 4.79 Å². The van der Waals surface area contributed by atoms with E-state index in [-0.39, 0.29) is 18.2 Å². The van der Waals surface area contributed by atoms with Gasteiger partial charge < -0.3 is 19.7 Å². The lowest BCUT2D eigenvalue weighted by Gasteiger charge is -2.37. The molecule has 0 unspecified atom stereocenters. The molecule has 1 saturated carbocycles. The second-order valence-electron chi connectivity index (χ2n) is 6.19. The van der Waals surface area contributed by atoms with Crippen molar-refractivity contribution >= 4 is 11.7 Å². The van der Waals surface area contributed by atoms with Gasteiger partial charge in [-0.3, -0.25) is 0 Å². The van der Waals surface area contributed by atoms with Crippen LogP contribution < -0.4 is 10.1 Å². The highest BCUT2D eigenvalue weighted by molar-refractivity contribution is 5.91. The minimum absolute atomic E-state index is 0.0564. The van der Waals surface area contributed by atoms with Crippen molar-refractivity contribution < 1.29 is 14.3 Å². The molecule has 0 bridgehead atoms. The molecule has 5 nitrogen and oxygen atoms in total. The van der Waals surface area contributed by atoms with Crippen molar-refractivity contribution in [3.05, 3.63) is 24.3 Å². The first-order valence-corrected chi connectivity index (χ1v) is 8.06. The molecule has 1 saturated heterocycles. The van der Waals surface area contributed by atoms with E-state index >= 15 is 0 Å². The van der Waals surface area contributed by atoms with Crippen LogP contribution in [0.5, 0.6) is 5.75 Å². The van der Waals surface area contributed by atoms with Gasteiger partial charge in [-0.15, -0.1) is 0 Å². The summed E-state index contributed by atoms with van der Waals surface area (Å²) in [5, 5.41) is 2.98. The van der Waals surface area contributed by atoms with E-state index in [1.807, 2.05) is 43.0 Å². The van der Waals surface area contributed by atoms with Gasteiger partial charge in [-0.25, -0.2) is 4.79 Å². The number of ether oxygens (including phenoxy) is 2. The Morgan fingerprint density at radius 3 is 2.91 bits per heavy atom. The fourth-order valence-electron chi connectivity index (χ4n) is 2.59. The molecule has 1 heterocycles. The highest BCUT2D eigenvalue weighted by atomic mass is 16.5. The predicted molar refractivity (Wildman–Crippen MR) is 85.3 cm³/mol. The number of carbonyl (C=O) groups excluding carboxylic acids is 1. The summed E-state index contributed by atoms with van der Waals surface area (Å²) in [4.78, 5) is 14.4. The normalized spacial score (nSPS) is 24.9. The molecular weight excluding hydrogens is 280 g/mol. The number of rotatable bonds is 4. The van der Waals surface area contributed by atoms with Crippen molar-refractivity contribution in [2.24, 2.45) is 5.92 Å². The van der Waals surface area contributed by atoms with Gasteiger partial charge >= 0.3 is 6.03 Å². The van der Waals surface area contributed by atoms with Gasteiger partial charge in [0.15, 0.2) is 0 Å². The van der Waals surface area contributed by atoms with Crippen molar-refractivity contribution in [3.8, 4) is 5.75 Å². The molecule has 2 atom stereocenters. The lowest BCUT2D eigenvalue weighted by molar-refractivity contribution is -0.0355. The Balaban J connectivity index is 1.65. The first-order chi connectivity index (χ1) is 10.6. The fourth-order valence-corrected chi connectivity index (χ4v) is 2.59. The van der Waals surface area contributed by atoms with Crippen molar-refractivity contribution in [1.82, 2.24) is 4.90 Å². The van der Waals surface area contributed by atoms with Crippen LogP contribution in [0.15, 0.2) is 24.3 Å². The number of hydrogen-bond donors (Lipinski definition) is 1. The molecule has 2 aliphatic rings. The molecule has 1 N–H and O–H groups in total. The van der Waals surface area contributed by atoms with Crippen LogP contribution in [-0.4, -0.2) is 42.8 Å². The van der Waals surface area contributed by atoms with Gasteiger partial charge in [0.2, 0.25) is 0 Å². The van der Waals surface area contributed by atoms with Crippen LogP contribution in [0.1, 0.15) is 26.7 Å². The van der Waals surface area contributed by atoms with Gasteiger partial charge in [-0.1, -0.05) is 12.1 Å². The molecule has 120 valence electrons. The number of benzene rings is 1. The van der Waals surface area contributed by atoms with Gasteiger partial charge in [0, 0.05) is 6.54 Å². The van der Waals surface area contributed by atoms with Crippen LogP contribution in [0.4, 0.5) is 10.5 Å². The van der Waals surface area contributed by atoms with Crippen LogP contribution in [-0.2, 0) is 4.74 Å². The molecule has 1 aromatic carbocycles. The number of morpholine rings is 1. The van der Waals surface area contributed by atoms with Crippen LogP contribution in [0.3, 0.4) is 0 Å².